The van der Waals surface area contributed by atoms with Gasteiger partial charge in [0.15, 0.2) is 0 Å². The van der Waals surface area contributed by atoms with Crippen molar-refractivity contribution in [2.24, 2.45) is 0 Å². The molecule has 0 bridgehead atoms. The van der Waals surface area contributed by atoms with Crippen molar-refractivity contribution in [2.45, 2.75) is 17.9 Å². The van der Waals surface area contributed by atoms with Crippen LogP contribution in [0.5, 0.6) is 0 Å². The standard InChI is InChI=1S/C14H14BrNO3S/c1-10(17)11-2-8-14(9-3-11)20(18,19)16-13-6-4-12(15)5-7-13/h2-10,16-17H,1H3. The van der Waals surface area contributed by atoms with Gasteiger partial charge in [-0.15, -0.1) is 0 Å². The number of aliphatic hydroxyl groups is 1. The summed E-state index contributed by atoms with van der Waals surface area (Å²) in [7, 11) is -3.62. The van der Waals surface area contributed by atoms with Crippen molar-refractivity contribution < 1.29 is 13.5 Å². The van der Waals surface area contributed by atoms with Crippen molar-refractivity contribution in [2.75, 3.05) is 4.72 Å². The number of aliphatic hydroxyl groups excluding tert-OH is 1. The Morgan fingerprint density at radius 3 is 2.10 bits per heavy atom. The third kappa shape index (κ3) is 3.59. The highest BCUT2D eigenvalue weighted by molar-refractivity contribution is 9.10. The average molecular weight is 356 g/mol. The zero-order chi connectivity index (χ0) is 14.8. The van der Waals surface area contributed by atoms with Crippen LogP contribution in [0.25, 0.3) is 0 Å². The van der Waals surface area contributed by atoms with E-state index in [0.29, 0.717) is 11.3 Å². The van der Waals surface area contributed by atoms with Crippen molar-refractivity contribution >= 4 is 31.6 Å². The average Bonchev–Trinajstić information content (AvgIpc) is 2.41. The van der Waals surface area contributed by atoms with Gasteiger partial charge in [0.05, 0.1) is 11.0 Å². The molecular formula is C14H14BrNO3S. The maximum absolute atomic E-state index is 12.2. The Labute approximate surface area is 126 Å². The van der Waals surface area contributed by atoms with Gasteiger partial charge in [-0.3, -0.25) is 4.72 Å². The van der Waals surface area contributed by atoms with Crippen LogP contribution >= 0.6 is 15.9 Å². The van der Waals surface area contributed by atoms with E-state index in [9.17, 15) is 13.5 Å². The molecule has 106 valence electrons. The topological polar surface area (TPSA) is 66.4 Å². The van der Waals surface area contributed by atoms with Gasteiger partial charge in [0.2, 0.25) is 0 Å². The van der Waals surface area contributed by atoms with Gasteiger partial charge in [0, 0.05) is 10.2 Å². The third-order valence-electron chi connectivity index (χ3n) is 2.77. The molecule has 1 unspecified atom stereocenters. The molecule has 6 heteroatoms. The number of halogens is 1. The number of nitrogens with one attached hydrogen (secondary N) is 1. The first-order valence-electron chi connectivity index (χ1n) is 5.95. The quantitative estimate of drug-likeness (QED) is 0.883. The minimum absolute atomic E-state index is 0.157. The van der Waals surface area contributed by atoms with Crippen molar-refractivity contribution in [1.29, 1.82) is 0 Å². The Hall–Kier alpha value is -1.37. The summed E-state index contributed by atoms with van der Waals surface area (Å²) in [4.78, 5) is 0.157. The van der Waals surface area contributed by atoms with Gasteiger partial charge in [0.1, 0.15) is 0 Å². The number of benzene rings is 2. The van der Waals surface area contributed by atoms with Crippen molar-refractivity contribution in [3.63, 3.8) is 0 Å². The lowest BCUT2D eigenvalue weighted by Gasteiger charge is -2.09. The molecule has 0 saturated carbocycles. The van der Waals surface area contributed by atoms with Gasteiger partial charge < -0.3 is 5.11 Å². The summed E-state index contributed by atoms with van der Waals surface area (Å²) in [6.07, 6.45) is -0.619. The maximum atomic E-state index is 12.2. The Morgan fingerprint density at radius 2 is 1.60 bits per heavy atom. The van der Waals surface area contributed by atoms with E-state index in [4.69, 9.17) is 0 Å². The molecule has 0 heterocycles. The first-order chi connectivity index (χ1) is 9.38. The van der Waals surface area contributed by atoms with E-state index >= 15 is 0 Å². The molecule has 20 heavy (non-hydrogen) atoms. The van der Waals surface area contributed by atoms with Crippen LogP contribution in [0, 0.1) is 0 Å². The monoisotopic (exact) mass is 355 g/mol. The molecule has 2 N–H and O–H groups in total. The van der Waals surface area contributed by atoms with E-state index in [1.807, 2.05) is 0 Å². The van der Waals surface area contributed by atoms with E-state index in [1.54, 1.807) is 43.3 Å². The molecule has 0 radical (unpaired) electrons. The molecule has 2 aromatic carbocycles. The van der Waals surface area contributed by atoms with Crippen molar-refractivity contribution in [3.8, 4) is 0 Å². The highest BCUT2D eigenvalue weighted by atomic mass is 79.9. The number of hydrogen-bond acceptors (Lipinski definition) is 3. The zero-order valence-electron chi connectivity index (χ0n) is 10.7. The number of anilines is 1. The number of hydrogen-bond donors (Lipinski definition) is 2. The fourth-order valence-electron chi connectivity index (χ4n) is 1.66. The van der Waals surface area contributed by atoms with Crippen LogP contribution in [0.15, 0.2) is 57.9 Å². The number of sulfonamides is 1. The Balaban J connectivity index is 2.23. The predicted molar refractivity (Wildman–Crippen MR) is 82.0 cm³/mol. The van der Waals surface area contributed by atoms with Crippen LogP contribution in [0.3, 0.4) is 0 Å². The normalized spacial score (nSPS) is 12.9. The summed E-state index contributed by atoms with van der Waals surface area (Å²) in [5, 5.41) is 9.41. The van der Waals surface area contributed by atoms with Crippen LogP contribution in [0.1, 0.15) is 18.6 Å². The molecule has 1 atom stereocenters. The minimum Gasteiger partial charge on any atom is -0.389 e. The van der Waals surface area contributed by atoms with Crippen LogP contribution in [0.2, 0.25) is 0 Å². The van der Waals surface area contributed by atoms with Gasteiger partial charge in [-0.1, -0.05) is 28.1 Å². The Morgan fingerprint density at radius 1 is 1.05 bits per heavy atom. The molecule has 0 aliphatic heterocycles. The second-order valence-electron chi connectivity index (χ2n) is 4.36. The molecule has 0 aliphatic rings. The highest BCUT2D eigenvalue weighted by Gasteiger charge is 2.14. The summed E-state index contributed by atoms with van der Waals surface area (Å²) in [5.41, 5.74) is 1.17. The largest absolute Gasteiger partial charge is 0.389 e. The lowest BCUT2D eigenvalue weighted by atomic mass is 10.1. The summed E-state index contributed by atoms with van der Waals surface area (Å²) < 4.78 is 27.7. The fraction of sp³-hybridized carbons (Fsp3) is 0.143. The van der Waals surface area contributed by atoms with Crippen molar-refractivity contribution in [1.82, 2.24) is 0 Å². The van der Waals surface area contributed by atoms with Crippen LogP contribution in [0.4, 0.5) is 5.69 Å². The molecular weight excluding hydrogens is 342 g/mol. The molecule has 2 aromatic rings. The smallest absolute Gasteiger partial charge is 0.261 e. The third-order valence-corrected chi connectivity index (χ3v) is 4.70. The number of rotatable bonds is 4. The molecule has 0 saturated heterocycles. The van der Waals surface area contributed by atoms with E-state index in [2.05, 4.69) is 20.7 Å². The van der Waals surface area contributed by atoms with Gasteiger partial charge in [-0.2, -0.15) is 0 Å². The Kier molecular flexibility index (Phi) is 4.47. The molecule has 4 nitrogen and oxygen atoms in total. The van der Waals surface area contributed by atoms with E-state index in [-0.39, 0.29) is 4.90 Å². The van der Waals surface area contributed by atoms with Gasteiger partial charge in [-0.05, 0) is 48.9 Å². The first-order valence-corrected chi connectivity index (χ1v) is 8.22. The predicted octanol–water partition coefficient (Wildman–Crippen LogP) is 3.30. The van der Waals surface area contributed by atoms with Crippen LogP contribution in [-0.4, -0.2) is 13.5 Å². The van der Waals surface area contributed by atoms with E-state index in [1.165, 1.54) is 12.1 Å². The lowest BCUT2D eigenvalue weighted by molar-refractivity contribution is 0.199. The first kappa shape index (κ1) is 15.0. The van der Waals surface area contributed by atoms with E-state index < -0.39 is 16.1 Å². The second kappa shape index (κ2) is 5.95. The molecule has 0 amide bonds. The molecule has 0 aliphatic carbocycles. The summed E-state index contributed by atoms with van der Waals surface area (Å²) in [6, 6.07) is 13.0. The van der Waals surface area contributed by atoms with E-state index in [0.717, 1.165) is 4.47 Å². The lowest BCUT2D eigenvalue weighted by Crippen LogP contribution is -2.12. The molecule has 2 rings (SSSR count). The molecule has 0 aromatic heterocycles. The van der Waals surface area contributed by atoms with Gasteiger partial charge in [-0.25, -0.2) is 8.42 Å². The molecule has 0 spiro atoms. The van der Waals surface area contributed by atoms with Gasteiger partial charge in [0.25, 0.3) is 10.0 Å². The summed E-state index contributed by atoms with van der Waals surface area (Å²) in [5.74, 6) is 0. The molecule has 0 fully saturated rings. The fourth-order valence-corrected chi connectivity index (χ4v) is 2.98. The SMILES string of the molecule is CC(O)c1ccc(S(=O)(=O)Nc2ccc(Br)cc2)cc1. The van der Waals surface area contributed by atoms with Crippen LogP contribution in [-0.2, 0) is 10.0 Å². The van der Waals surface area contributed by atoms with Crippen LogP contribution < -0.4 is 4.72 Å². The maximum Gasteiger partial charge on any atom is 0.261 e. The second-order valence-corrected chi connectivity index (χ2v) is 6.96. The zero-order valence-corrected chi connectivity index (χ0v) is 13.1. The highest BCUT2D eigenvalue weighted by Crippen LogP contribution is 2.20. The summed E-state index contributed by atoms with van der Waals surface area (Å²) >= 11 is 3.29. The Bertz CT molecular complexity index is 679. The van der Waals surface area contributed by atoms with Crippen molar-refractivity contribution in [3.05, 3.63) is 58.6 Å². The van der Waals surface area contributed by atoms with Gasteiger partial charge >= 0.3 is 0 Å². The summed E-state index contributed by atoms with van der Waals surface area (Å²) in [6.45, 7) is 1.63. The minimum atomic E-state index is -3.62.